The van der Waals surface area contributed by atoms with Crippen molar-refractivity contribution in [2.45, 2.75) is 135 Å². The van der Waals surface area contributed by atoms with Gasteiger partial charge in [0.2, 0.25) is 0 Å². The zero-order chi connectivity index (χ0) is 32.2. The van der Waals surface area contributed by atoms with E-state index in [1.54, 1.807) is 0 Å². The molecule has 0 aliphatic rings. The van der Waals surface area contributed by atoms with E-state index in [0.29, 0.717) is 24.2 Å². The number of hydrogen-bond donors (Lipinski definition) is 1. The van der Waals surface area contributed by atoms with Gasteiger partial charge in [0.25, 0.3) is 7.82 Å². The summed E-state index contributed by atoms with van der Waals surface area (Å²) in [6.45, 7) is 4.91. The molecule has 258 valence electrons. The first-order valence-corrected chi connectivity index (χ1v) is 19.4. The summed E-state index contributed by atoms with van der Waals surface area (Å²) in [5.41, 5.74) is 1.24. The molecule has 0 spiro atoms. The fraction of sp³-hybridized carbons (Fsp3) is 0.833. The fourth-order valence-electron chi connectivity index (χ4n) is 5.23. The van der Waals surface area contributed by atoms with Gasteiger partial charge in [-0.3, -0.25) is 4.57 Å². The molecule has 0 aliphatic heterocycles. The van der Waals surface area contributed by atoms with Gasteiger partial charge in [-0.2, -0.15) is 0 Å². The summed E-state index contributed by atoms with van der Waals surface area (Å²) in [6, 6.07) is 10.2. The van der Waals surface area contributed by atoms with Crippen LogP contribution in [0.25, 0.3) is 0 Å². The molecule has 0 aliphatic carbocycles. The van der Waals surface area contributed by atoms with Gasteiger partial charge in [0.1, 0.15) is 19.3 Å². The minimum Gasteiger partial charge on any atom is -0.756 e. The quantitative estimate of drug-likeness (QED) is 0.0484. The number of quaternary nitrogens is 1. The predicted molar refractivity (Wildman–Crippen MR) is 184 cm³/mol. The van der Waals surface area contributed by atoms with Crippen molar-refractivity contribution in [3.05, 3.63) is 35.9 Å². The number of nitrogens with one attached hydrogen (secondary N) is 1. The lowest BCUT2D eigenvalue weighted by atomic mass is 10.0. The van der Waals surface area contributed by atoms with Gasteiger partial charge >= 0.3 is 0 Å². The van der Waals surface area contributed by atoms with Crippen LogP contribution in [0.2, 0.25) is 0 Å². The molecule has 0 radical (unpaired) electrons. The van der Waals surface area contributed by atoms with Gasteiger partial charge in [-0.25, -0.2) is 0 Å². The third-order valence-corrected chi connectivity index (χ3v) is 9.10. The Morgan fingerprint density at radius 2 is 1.25 bits per heavy atom. The van der Waals surface area contributed by atoms with Crippen LogP contribution < -0.4 is 10.2 Å². The van der Waals surface area contributed by atoms with E-state index in [-0.39, 0.29) is 13.2 Å². The lowest BCUT2D eigenvalue weighted by molar-refractivity contribution is -0.870. The van der Waals surface area contributed by atoms with E-state index in [4.69, 9.17) is 13.8 Å². The third-order valence-electron chi connectivity index (χ3n) is 8.04. The second-order valence-corrected chi connectivity index (χ2v) is 14.9. The molecule has 2 atom stereocenters. The molecule has 0 amide bonds. The summed E-state index contributed by atoms with van der Waals surface area (Å²) < 4.78 is 29.5. The van der Waals surface area contributed by atoms with E-state index in [2.05, 4.69) is 24.4 Å². The van der Waals surface area contributed by atoms with Gasteiger partial charge in [0.15, 0.2) is 0 Å². The summed E-state index contributed by atoms with van der Waals surface area (Å²) >= 11 is 0. The zero-order valence-corrected chi connectivity index (χ0v) is 30.0. The van der Waals surface area contributed by atoms with Crippen LogP contribution in [0.15, 0.2) is 30.3 Å². The molecule has 1 rings (SSSR count). The van der Waals surface area contributed by atoms with Crippen molar-refractivity contribution in [1.29, 1.82) is 0 Å². The van der Waals surface area contributed by atoms with Crippen molar-refractivity contribution < 1.29 is 27.7 Å². The van der Waals surface area contributed by atoms with Gasteiger partial charge in [-0.05, 0) is 24.9 Å². The van der Waals surface area contributed by atoms with E-state index in [1.807, 2.05) is 39.3 Å². The number of phosphoric acid groups is 1. The normalized spacial score (nSPS) is 14.1. The minimum absolute atomic E-state index is 0.0958. The van der Waals surface area contributed by atoms with Crippen LogP contribution in [0.5, 0.6) is 0 Å². The third kappa shape index (κ3) is 27.5. The number of rotatable bonds is 32. The molecule has 7 nitrogen and oxygen atoms in total. The number of benzene rings is 1. The van der Waals surface area contributed by atoms with E-state index >= 15 is 0 Å². The van der Waals surface area contributed by atoms with Crippen LogP contribution in [0.1, 0.15) is 128 Å². The highest BCUT2D eigenvalue weighted by Crippen LogP contribution is 2.39. The number of ether oxygens (including phenoxy) is 1. The molecule has 1 N–H and O–H groups in total. The molecule has 2 unspecified atom stereocenters. The van der Waals surface area contributed by atoms with Crippen molar-refractivity contribution >= 4 is 7.82 Å². The number of unbranched alkanes of at least 4 members (excludes halogenated alkanes) is 17. The summed E-state index contributed by atoms with van der Waals surface area (Å²) in [7, 11) is 1.56. The van der Waals surface area contributed by atoms with Crippen molar-refractivity contribution in [2.24, 2.45) is 0 Å². The average molecular weight is 641 g/mol. The Morgan fingerprint density at radius 3 is 1.75 bits per heavy atom. The smallest absolute Gasteiger partial charge is 0.268 e. The Kier molecular flexibility index (Phi) is 25.6. The molecule has 0 saturated carbocycles. The fourth-order valence-corrected chi connectivity index (χ4v) is 6.09. The highest BCUT2D eigenvalue weighted by molar-refractivity contribution is 7.45. The zero-order valence-electron chi connectivity index (χ0n) is 29.1. The first-order chi connectivity index (χ1) is 21.2. The maximum atomic E-state index is 12.5. The minimum atomic E-state index is -4.42. The second-order valence-electron chi connectivity index (χ2n) is 13.5. The number of likely N-dealkylation sites (N-methyl/N-ethyl adjacent to an activating group) is 1. The lowest BCUT2D eigenvalue weighted by Gasteiger charge is -2.30. The number of phosphoric ester groups is 1. The largest absolute Gasteiger partial charge is 0.756 e. The predicted octanol–water partition coefficient (Wildman–Crippen LogP) is 8.45. The molecule has 1 aromatic carbocycles. The average Bonchev–Trinajstić information content (AvgIpc) is 2.97. The maximum Gasteiger partial charge on any atom is 0.268 e. The molecule has 0 bridgehead atoms. The van der Waals surface area contributed by atoms with Crippen LogP contribution in [-0.2, 0) is 24.8 Å². The van der Waals surface area contributed by atoms with Gasteiger partial charge in [0, 0.05) is 13.2 Å². The Bertz CT molecular complexity index is 805. The van der Waals surface area contributed by atoms with Gasteiger partial charge < -0.3 is 28.5 Å². The van der Waals surface area contributed by atoms with Crippen LogP contribution in [0.3, 0.4) is 0 Å². The molecule has 1 aromatic rings. The summed E-state index contributed by atoms with van der Waals surface area (Å²) in [4.78, 5) is 12.5. The standard InChI is InChI=1S/C36H69N2O5P/c1-5-6-7-8-9-10-11-12-13-14-15-16-17-18-19-20-21-25-31-41-34-36(33-37-29-28-35-26-23-22-24-27-35)43-44(39,40)42-32-30-38(2,3)4/h22-24,26-27,36-37H,5-21,25,28-34H2,1-4H3. The monoisotopic (exact) mass is 640 g/mol. The number of hydrogen-bond acceptors (Lipinski definition) is 6. The molecule has 44 heavy (non-hydrogen) atoms. The van der Waals surface area contributed by atoms with Gasteiger partial charge in [-0.15, -0.1) is 0 Å². The van der Waals surface area contributed by atoms with Gasteiger partial charge in [-0.1, -0.05) is 146 Å². The van der Waals surface area contributed by atoms with Crippen LogP contribution in [0.4, 0.5) is 0 Å². The molecular weight excluding hydrogens is 571 g/mol. The van der Waals surface area contributed by atoms with Crippen molar-refractivity contribution in [1.82, 2.24) is 5.32 Å². The van der Waals surface area contributed by atoms with E-state index in [0.717, 1.165) is 25.8 Å². The Labute approximate surface area is 272 Å². The maximum absolute atomic E-state index is 12.5. The van der Waals surface area contributed by atoms with Crippen molar-refractivity contribution in [2.75, 3.05) is 60.6 Å². The van der Waals surface area contributed by atoms with E-state index < -0.39 is 13.9 Å². The highest BCUT2D eigenvalue weighted by atomic mass is 31.2. The van der Waals surface area contributed by atoms with E-state index in [1.165, 1.54) is 108 Å². The molecule has 0 heterocycles. The van der Waals surface area contributed by atoms with Crippen LogP contribution >= 0.6 is 7.82 Å². The second kappa shape index (κ2) is 27.3. The van der Waals surface area contributed by atoms with E-state index in [9.17, 15) is 9.46 Å². The molecule has 0 saturated heterocycles. The molecule has 8 heteroatoms. The SMILES string of the molecule is CCCCCCCCCCCCCCCCCCCCOCC(CNCCc1ccccc1)OP(=O)([O-])OCC[N+](C)(C)C. The number of nitrogens with zero attached hydrogens (tertiary/aromatic N) is 1. The molecular formula is C36H69N2O5P. The lowest BCUT2D eigenvalue weighted by Crippen LogP contribution is -2.38. The summed E-state index contributed by atoms with van der Waals surface area (Å²) in [5.74, 6) is 0. The summed E-state index contributed by atoms with van der Waals surface area (Å²) in [5, 5.41) is 3.33. The van der Waals surface area contributed by atoms with Crippen LogP contribution in [0, 0.1) is 0 Å². The van der Waals surface area contributed by atoms with Crippen LogP contribution in [-0.4, -0.2) is 71.2 Å². The van der Waals surface area contributed by atoms with Gasteiger partial charge in [0.05, 0.1) is 27.7 Å². The Balaban J connectivity index is 2.11. The first kappa shape index (κ1) is 41.2. The Morgan fingerprint density at radius 1 is 0.750 bits per heavy atom. The summed E-state index contributed by atoms with van der Waals surface area (Å²) in [6.07, 6.45) is 24.5. The Hall–Kier alpha value is -0.790. The van der Waals surface area contributed by atoms with Crippen molar-refractivity contribution in [3.63, 3.8) is 0 Å². The van der Waals surface area contributed by atoms with Crippen molar-refractivity contribution in [3.8, 4) is 0 Å². The topological polar surface area (TPSA) is 79.9 Å². The first-order valence-electron chi connectivity index (χ1n) is 18.0. The molecule has 0 fully saturated rings. The molecule has 0 aromatic heterocycles. The highest BCUT2D eigenvalue weighted by Gasteiger charge is 2.20.